The molecule has 96 valence electrons. The molecule has 2 rings (SSSR count). The van der Waals surface area contributed by atoms with E-state index in [1.807, 2.05) is 38.1 Å². The average molecular weight is 245 g/mol. The SMILES string of the molecule is CCCC(C)NC(=O)c1oc2ccccc2c1C. The summed E-state index contributed by atoms with van der Waals surface area (Å²) in [5.74, 6) is 0.309. The minimum atomic E-state index is -0.121. The van der Waals surface area contributed by atoms with E-state index in [4.69, 9.17) is 4.42 Å². The van der Waals surface area contributed by atoms with Gasteiger partial charge in [-0.3, -0.25) is 4.79 Å². The Morgan fingerprint density at radius 1 is 1.39 bits per heavy atom. The number of carbonyl (C=O) groups excluding carboxylic acids is 1. The molecular formula is C15H19NO2. The van der Waals surface area contributed by atoms with Crippen molar-refractivity contribution >= 4 is 16.9 Å². The van der Waals surface area contributed by atoms with Gasteiger partial charge in [-0.25, -0.2) is 0 Å². The van der Waals surface area contributed by atoms with E-state index < -0.39 is 0 Å². The zero-order valence-corrected chi connectivity index (χ0v) is 11.1. The van der Waals surface area contributed by atoms with Crippen LogP contribution >= 0.6 is 0 Å². The summed E-state index contributed by atoms with van der Waals surface area (Å²) in [4.78, 5) is 12.1. The van der Waals surface area contributed by atoms with Crippen LogP contribution in [0.5, 0.6) is 0 Å². The molecule has 0 saturated carbocycles. The smallest absolute Gasteiger partial charge is 0.287 e. The highest BCUT2D eigenvalue weighted by Crippen LogP contribution is 2.24. The molecule has 0 fully saturated rings. The summed E-state index contributed by atoms with van der Waals surface area (Å²) < 4.78 is 5.63. The van der Waals surface area contributed by atoms with Gasteiger partial charge in [0.25, 0.3) is 5.91 Å². The molecule has 18 heavy (non-hydrogen) atoms. The van der Waals surface area contributed by atoms with Crippen molar-refractivity contribution in [2.45, 2.75) is 39.7 Å². The fraction of sp³-hybridized carbons (Fsp3) is 0.400. The van der Waals surface area contributed by atoms with Crippen LogP contribution in [0.1, 0.15) is 42.8 Å². The van der Waals surface area contributed by atoms with Crippen molar-refractivity contribution in [2.24, 2.45) is 0 Å². The third kappa shape index (κ3) is 2.40. The van der Waals surface area contributed by atoms with Crippen molar-refractivity contribution in [3.05, 3.63) is 35.6 Å². The Labute approximate surface area is 107 Å². The highest BCUT2D eigenvalue weighted by Gasteiger charge is 2.18. The normalized spacial score (nSPS) is 12.6. The standard InChI is InChI=1S/C15H19NO2/c1-4-7-10(2)16-15(17)14-11(3)12-8-5-6-9-13(12)18-14/h5-6,8-10H,4,7H2,1-3H3,(H,16,17). The van der Waals surface area contributed by atoms with Crippen LogP contribution in [0, 0.1) is 6.92 Å². The Hall–Kier alpha value is -1.77. The van der Waals surface area contributed by atoms with E-state index in [0.717, 1.165) is 29.4 Å². The maximum Gasteiger partial charge on any atom is 0.287 e. The first-order valence-electron chi connectivity index (χ1n) is 6.42. The summed E-state index contributed by atoms with van der Waals surface area (Å²) in [7, 11) is 0. The number of hydrogen-bond acceptors (Lipinski definition) is 2. The Morgan fingerprint density at radius 2 is 2.11 bits per heavy atom. The summed E-state index contributed by atoms with van der Waals surface area (Å²) in [6, 6.07) is 7.89. The molecule has 0 bridgehead atoms. The highest BCUT2D eigenvalue weighted by atomic mass is 16.3. The highest BCUT2D eigenvalue weighted by molar-refractivity contribution is 5.98. The number of fused-ring (bicyclic) bond motifs is 1. The fourth-order valence-corrected chi connectivity index (χ4v) is 2.19. The van der Waals surface area contributed by atoms with Crippen molar-refractivity contribution in [1.29, 1.82) is 0 Å². The van der Waals surface area contributed by atoms with Gasteiger partial charge in [-0.1, -0.05) is 31.5 Å². The molecule has 1 atom stereocenters. The number of hydrogen-bond donors (Lipinski definition) is 1. The zero-order valence-electron chi connectivity index (χ0n) is 11.1. The van der Waals surface area contributed by atoms with Gasteiger partial charge in [-0.05, 0) is 26.3 Å². The van der Waals surface area contributed by atoms with Gasteiger partial charge >= 0.3 is 0 Å². The summed E-state index contributed by atoms with van der Waals surface area (Å²) in [5.41, 5.74) is 1.68. The van der Waals surface area contributed by atoms with Crippen molar-refractivity contribution < 1.29 is 9.21 Å². The second-order valence-corrected chi connectivity index (χ2v) is 4.72. The molecule has 0 aliphatic carbocycles. The van der Waals surface area contributed by atoms with Crippen LogP contribution in [-0.2, 0) is 0 Å². The lowest BCUT2D eigenvalue weighted by Crippen LogP contribution is -2.32. The number of nitrogens with one attached hydrogen (secondary N) is 1. The van der Waals surface area contributed by atoms with Crippen molar-refractivity contribution in [2.75, 3.05) is 0 Å². The summed E-state index contributed by atoms with van der Waals surface area (Å²) in [6.45, 7) is 6.04. The molecule has 0 spiro atoms. The van der Waals surface area contributed by atoms with Gasteiger partial charge in [0, 0.05) is 17.0 Å². The molecule has 0 aliphatic rings. The first-order chi connectivity index (χ1) is 8.63. The minimum absolute atomic E-state index is 0.121. The predicted octanol–water partition coefficient (Wildman–Crippen LogP) is 3.66. The van der Waals surface area contributed by atoms with Gasteiger partial charge in [0.05, 0.1) is 0 Å². The second-order valence-electron chi connectivity index (χ2n) is 4.72. The van der Waals surface area contributed by atoms with Crippen molar-refractivity contribution in [1.82, 2.24) is 5.32 Å². The van der Waals surface area contributed by atoms with Gasteiger partial charge in [0.1, 0.15) is 5.58 Å². The van der Waals surface area contributed by atoms with E-state index in [-0.39, 0.29) is 11.9 Å². The lowest BCUT2D eigenvalue weighted by Gasteiger charge is -2.11. The molecule has 1 amide bonds. The van der Waals surface area contributed by atoms with E-state index in [1.54, 1.807) is 0 Å². The largest absolute Gasteiger partial charge is 0.451 e. The second kappa shape index (κ2) is 5.25. The summed E-state index contributed by atoms with van der Waals surface area (Å²) in [5, 5.41) is 3.97. The molecule has 3 heteroatoms. The number of amides is 1. The predicted molar refractivity (Wildman–Crippen MR) is 72.8 cm³/mol. The third-order valence-electron chi connectivity index (χ3n) is 3.15. The van der Waals surface area contributed by atoms with Crippen LogP contribution in [0.2, 0.25) is 0 Å². The van der Waals surface area contributed by atoms with Crippen LogP contribution in [-0.4, -0.2) is 11.9 Å². The molecule has 1 heterocycles. The fourth-order valence-electron chi connectivity index (χ4n) is 2.19. The lowest BCUT2D eigenvalue weighted by atomic mass is 10.1. The number of benzene rings is 1. The Kier molecular flexibility index (Phi) is 3.70. The molecule has 2 aromatic rings. The van der Waals surface area contributed by atoms with Gasteiger partial charge in [-0.2, -0.15) is 0 Å². The Balaban J connectivity index is 2.25. The molecule has 0 aliphatic heterocycles. The number of carbonyl (C=O) groups is 1. The van der Waals surface area contributed by atoms with Gasteiger partial charge in [0.15, 0.2) is 5.76 Å². The first-order valence-corrected chi connectivity index (χ1v) is 6.42. The number of rotatable bonds is 4. The van der Waals surface area contributed by atoms with Crippen LogP contribution in [0.15, 0.2) is 28.7 Å². The molecule has 1 N–H and O–H groups in total. The van der Waals surface area contributed by atoms with Gasteiger partial charge < -0.3 is 9.73 Å². The Bertz CT molecular complexity index is 557. The maximum absolute atomic E-state index is 12.1. The van der Waals surface area contributed by atoms with Gasteiger partial charge in [-0.15, -0.1) is 0 Å². The topological polar surface area (TPSA) is 42.2 Å². The molecule has 0 saturated heterocycles. The average Bonchev–Trinajstić information content (AvgIpc) is 2.68. The quantitative estimate of drug-likeness (QED) is 0.893. The van der Waals surface area contributed by atoms with Crippen LogP contribution < -0.4 is 5.32 Å². The summed E-state index contributed by atoms with van der Waals surface area (Å²) >= 11 is 0. The minimum Gasteiger partial charge on any atom is -0.451 e. The van der Waals surface area contributed by atoms with E-state index >= 15 is 0 Å². The molecule has 1 aromatic heterocycles. The van der Waals surface area contributed by atoms with Crippen molar-refractivity contribution in [3.8, 4) is 0 Å². The van der Waals surface area contributed by atoms with Gasteiger partial charge in [0.2, 0.25) is 0 Å². The van der Waals surface area contributed by atoms with E-state index in [1.165, 1.54) is 0 Å². The van der Waals surface area contributed by atoms with Crippen LogP contribution in [0.3, 0.4) is 0 Å². The zero-order chi connectivity index (χ0) is 13.1. The van der Waals surface area contributed by atoms with E-state index in [2.05, 4.69) is 12.2 Å². The third-order valence-corrected chi connectivity index (χ3v) is 3.15. The Morgan fingerprint density at radius 3 is 2.78 bits per heavy atom. The number of para-hydroxylation sites is 1. The molecule has 1 unspecified atom stereocenters. The molecule has 3 nitrogen and oxygen atoms in total. The summed E-state index contributed by atoms with van der Waals surface area (Å²) in [6.07, 6.45) is 2.03. The van der Waals surface area contributed by atoms with Crippen LogP contribution in [0.25, 0.3) is 11.0 Å². The number of aryl methyl sites for hydroxylation is 1. The molecular weight excluding hydrogens is 226 g/mol. The van der Waals surface area contributed by atoms with Crippen molar-refractivity contribution in [3.63, 3.8) is 0 Å². The monoisotopic (exact) mass is 245 g/mol. The van der Waals surface area contributed by atoms with E-state index in [0.29, 0.717) is 5.76 Å². The van der Waals surface area contributed by atoms with E-state index in [9.17, 15) is 4.79 Å². The number of furan rings is 1. The first kappa shape index (κ1) is 12.7. The van der Waals surface area contributed by atoms with Crippen LogP contribution in [0.4, 0.5) is 0 Å². The molecule has 0 radical (unpaired) electrons. The maximum atomic E-state index is 12.1. The molecule has 1 aromatic carbocycles. The lowest BCUT2D eigenvalue weighted by molar-refractivity contribution is 0.0911.